The number of hydrogen-bond donors (Lipinski definition) is 2. The summed E-state index contributed by atoms with van der Waals surface area (Å²) in [6, 6.07) is 11.7. The number of tetrazole rings is 1. The van der Waals surface area contributed by atoms with E-state index < -0.39 is 5.82 Å². The molecule has 0 unspecified atom stereocenters. The Morgan fingerprint density at radius 1 is 1.20 bits per heavy atom. The number of nitrogens with zero attached hydrogens (tertiary/aromatic N) is 5. The third-order valence-corrected chi connectivity index (χ3v) is 5.36. The maximum Gasteiger partial charge on any atom is 0.276 e. The van der Waals surface area contributed by atoms with Gasteiger partial charge in [0, 0.05) is 22.9 Å². The van der Waals surface area contributed by atoms with Crippen LogP contribution in [0.25, 0.3) is 17.1 Å². The van der Waals surface area contributed by atoms with Gasteiger partial charge in [0.2, 0.25) is 5.82 Å². The van der Waals surface area contributed by atoms with E-state index in [1.54, 1.807) is 28.9 Å². The minimum Gasteiger partial charge on any atom is -0.320 e. The van der Waals surface area contributed by atoms with Crippen molar-refractivity contribution in [3.8, 4) is 17.1 Å². The lowest BCUT2D eigenvalue weighted by atomic mass is 10.1. The Morgan fingerprint density at radius 2 is 2.07 bits per heavy atom. The van der Waals surface area contributed by atoms with E-state index in [0.717, 1.165) is 30.5 Å². The number of carbonyl (C=O) groups is 1. The second-order valence-corrected chi connectivity index (χ2v) is 7.28. The maximum absolute atomic E-state index is 14.0. The number of carbonyl (C=O) groups excluding carboxylic acids is 1. The highest BCUT2D eigenvalue weighted by molar-refractivity contribution is 6.30. The van der Waals surface area contributed by atoms with Crippen molar-refractivity contribution in [1.82, 2.24) is 30.4 Å². The first kappa shape index (κ1) is 18.4. The molecule has 0 radical (unpaired) electrons. The molecule has 1 amide bonds. The molecule has 0 saturated carbocycles. The van der Waals surface area contributed by atoms with Crippen LogP contribution in [0.3, 0.4) is 0 Å². The molecule has 8 nitrogen and oxygen atoms in total. The molecule has 5 rings (SSSR count). The Bertz CT molecular complexity index is 1250. The highest BCUT2D eigenvalue weighted by Gasteiger charge is 2.27. The number of anilines is 1. The molecular weight excluding hydrogens is 409 g/mol. The molecular formula is C20H15ClFN7O. The van der Waals surface area contributed by atoms with Gasteiger partial charge < -0.3 is 5.32 Å². The summed E-state index contributed by atoms with van der Waals surface area (Å²) in [6.07, 6.45) is 2.41. The standard InChI is InChI=1S/C20H15ClFN7O/c21-14-9-8-11(10-15(14)22)29-17-7-3-5-13(17)18(26-29)20(30)23-16-6-2-1-4-12(16)19-24-27-28-25-19/h1-2,4,6,8-10H,3,5,7H2,(H,23,30)(H,24,25,27,28). The van der Waals surface area contributed by atoms with Crippen molar-refractivity contribution in [3.63, 3.8) is 0 Å². The molecule has 150 valence electrons. The molecule has 0 fully saturated rings. The summed E-state index contributed by atoms with van der Waals surface area (Å²) in [5, 5.41) is 21.4. The average Bonchev–Trinajstić information content (AvgIpc) is 3.48. The molecule has 10 heteroatoms. The number of nitrogens with one attached hydrogen (secondary N) is 2. The number of benzene rings is 2. The van der Waals surface area contributed by atoms with E-state index >= 15 is 0 Å². The van der Waals surface area contributed by atoms with Gasteiger partial charge in [0.25, 0.3) is 5.91 Å². The van der Waals surface area contributed by atoms with E-state index in [2.05, 4.69) is 31.0 Å². The molecule has 2 N–H and O–H groups in total. The minimum atomic E-state index is -0.531. The quantitative estimate of drug-likeness (QED) is 0.522. The highest BCUT2D eigenvalue weighted by Crippen LogP contribution is 2.30. The van der Waals surface area contributed by atoms with Crippen molar-refractivity contribution >= 4 is 23.2 Å². The second kappa shape index (κ2) is 7.34. The van der Waals surface area contributed by atoms with E-state index in [4.69, 9.17) is 11.6 Å². The summed E-state index contributed by atoms with van der Waals surface area (Å²) in [6.45, 7) is 0. The number of amides is 1. The molecule has 1 aliphatic rings. The van der Waals surface area contributed by atoms with E-state index in [0.29, 0.717) is 28.5 Å². The number of H-pyrrole nitrogens is 1. The van der Waals surface area contributed by atoms with Gasteiger partial charge in [0.05, 0.1) is 16.4 Å². The van der Waals surface area contributed by atoms with E-state index in [1.165, 1.54) is 12.1 Å². The Balaban J connectivity index is 1.52. The Kier molecular flexibility index (Phi) is 4.51. The Hall–Kier alpha value is -3.59. The summed E-state index contributed by atoms with van der Waals surface area (Å²) < 4.78 is 15.6. The van der Waals surface area contributed by atoms with E-state index in [1.807, 2.05) is 6.07 Å². The van der Waals surface area contributed by atoms with Gasteiger partial charge in [-0.25, -0.2) is 9.07 Å². The molecule has 2 aromatic carbocycles. The van der Waals surface area contributed by atoms with Crippen molar-refractivity contribution in [2.75, 3.05) is 5.32 Å². The number of aromatic nitrogens is 6. The Morgan fingerprint density at radius 3 is 2.87 bits per heavy atom. The molecule has 0 bridgehead atoms. The lowest BCUT2D eigenvalue weighted by Crippen LogP contribution is -2.15. The molecule has 1 aliphatic carbocycles. The second-order valence-electron chi connectivity index (χ2n) is 6.87. The third kappa shape index (κ3) is 3.13. The number of fused-ring (bicyclic) bond motifs is 1. The fourth-order valence-electron chi connectivity index (χ4n) is 3.69. The number of aromatic amines is 1. The van der Waals surface area contributed by atoms with Crippen molar-refractivity contribution in [3.05, 3.63) is 70.3 Å². The lowest BCUT2D eigenvalue weighted by Gasteiger charge is -2.08. The minimum absolute atomic E-state index is 0.0404. The highest BCUT2D eigenvalue weighted by atomic mass is 35.5. The van der Waals surface area contributed by atoms with Crippen molar-refractivity contribution in [2.24, 2.45) is 0 Å². The first-order valence-electron chi connectivity index (χ1n) is 9.32. The smallest absolute Gasteiger partial charge is 0.276 e. The van der Waals surface area contributed by atoms with Gasteiger partial charge in [0.15, 0.2) is 5.69 Å². The van der Waals surface area contributed by atoms with Crippen molar-refractivity contribution in [1.29, 1.82) is 0 Å². The first-order valence-corrected chi connectivity index (χ1v) is 9.70. The first-order chi connectivity index (χ1) is 14.6. The van der Waals surface area contributed by atoms with Gasteiger partial charge >= 0.3 is 0 Å². The van der Waals surface area contributed by atoms with Crippen molar-refractivity contribution in [2.45, 2.75) is 19.3 Å². The predicted molar refractivity (Wildman–Crippen MR) is 108 cm³/mol. The van der Waals surface area contributed by atoms with Crippen LogP contribution in [0.5, 0.6) is 0 Å². The van der Waals surface area contributed by atoms with Crippen LogP contribution in [0.15, 0.2) is 42.5 Å². The normalized spacial score (nSPS) is 12.7. The van der Waals surface area contributed by atoms with Crippen LogP contribution >= 0.6 is 11.6 Å². The average molecular weight is 424 g/mol. The molecule has 0 saturated heterocycles. The summed E-state index contributed by atoms with van der Waals surface area (Å²) in [4.78, 5) is 13.1. The van der Waals surface area contributed by atoms with Crippen LogP contribution in [0, 0.1) is 5.82 Å². The number of para-hydroxylation sites is 1. The van der Waals surface area contributed by atoms with Gasteiger partial charge in [0.1, 0.15) is 5.82 Å². The largest absolute Gasteiger partial charge is 0.320 e. The number of hydrogen-bond acceptors (Lipinski definition) is 5. The van der Waals surface area contributed by atoms with E-state index in [9.17, 15) is 9.18 Å². The zero-order valence-electron chi connectivity index (χ0n) is 15.6. The third-order valence-electron chi connectivity index (χ3n) is 5.05. The predicted octanol–water partition coefficient (Wildman–Crippen LogP) is 3.59. The van der Waals surface area contributed by atoms with Gasteiger partial charge in [-0.2, -0.15) is 10.3 Å². The Labute approximate surface area is 175 Å². The van der Waals surface area contributed by atoms with Crippen LogP contribution in [-0.4, -0.2) is 36.3 Å². The summed E-state index contributed by atoms with van der Waals surface area (Å²) >= 11 is 5.80. The summed E-state index contributed by atoms with van der Waals surface area (Å²) in [5.74, 6) is -0.507. The van der Waals surface area contributed by atoms with Crippen LogP contribution in [0.4, 0.5) is 10.1 Å². The van der Waals surface area contributed by atoms with Gasteiger partial charge in [-0.15, -0.1) is 10.2 Å². The van der Waals surface area contributed by atoms with E-state index in [-0.39, 0.29) is 10.9 Å². The SMILES string of the molecule is O=C(Nc1ccccc1-c1nn[nH]n1)c1nn(-c2ccc(Cl)c(F)c2)c2c1CCC2. The van der Waals surface area contributed by atoms with Crippen LogP contribution < -0.4 is 5.32 Å². The lowest BCUT2D eigenvalue weighted by molar-refractivity contribution is 0.102. The fraction of sp³-hybridized carbons (Fsp3) is 0.150. The zero-order chi connectivity index (χ0) is 20.7. The topological polar surface area (TPSA) is 101 Å². The monoisotopic (exact) mass is 423 g/mol. The molecule has 4 aromatic rings. The zero-order valence-corrected chi connectivity index (χ0v) is 16.3. The van der Waals surface area contributed by atoms with Gasteiger partial charge in [-0.05, 0) is 48.7 Å². The van der Waals surface area contributed by atoms with Crippen LogP contribution in [-0.2, 0) is 12.8 Å². The number of rotatable bonds is 4. The molecule has 30 heavy (non-hydrogen) atoms. The van der Waals surface area contributed by atoms with Crippen LogP contribution in [0.2, 0.25) is 5.02 Å². The van der Waals surface area contributed by atoms with Crippen molar-refractivity contribution < 1.29 is 9.18 Å². The fourth-order valence-corrected chi connectivity index (χ4v) is 3.81. The molecule has 0 aliphatic heterocycles. The summed E-state index contributed by atoms with van der Waals surface area (Å²) in [7, 11) is 0. The molecule has 2 heterocycles. The molecule has 2 aromatic heterocycles. The molecule has 0 spiro atoms. The van der Waals surface area contributed by atoms with Gasteiger partial charge in [-0.3, -0.25) is 4.79 Å². The summed E-state index contributed by atoms with van der Waals surface area (Å²) in [5.41, 5.74) is 3.81. The van der Waals surface area contributed by atoms with Crippen LogP contribution in [0.1, 0.15) is 28.2 Å². The maximum atomic E-state index is 14.0. The van der Waals surface area contributed by atoms with Gasteiger partial charge in [-0.1, -0.05) is 23.7 Å². The number of halogens is 2. The molecule has 0 atom stereocenters.